The minimum atomic E-state index is -0.347. The second-order valence-corrected chi connectivity index (χ2v) is 9.92. The molecule has 1 aromatic rings. The molecule has 31 heavy (non-hydrogen) atoms. The first-order chi connectivity index (χ1) is 14.6. The number of methoxy groups -OCH3 is 1. The minimum absolute atomic E-state index is 0.0630. The Morgan fingerprint density at radius 1 is 1.19 bits per heavy atom. The van der Waals surface area contributed by atoms with E-state index in [1.54, 1.807) is 0 Å². The van der Waals surface area contributed by atoms with E-state index in [-0.39, 0.29) is 18.1 Å². The van der Waals surface area contributed by atoms with Gasteiger partial charge < -0.3 is 20.5 Å². The van der Waals surface area contributed by atoms with Gasteiger partial charge in [-0.2, -0.15) is 0 Å². The zero-order valence-electron chi connectivity index (χ0n) is 20.3. The van der Waals surface area contributed by atoms with Crippen molar-refractivity contribution in [1.82, 2.24) is 4.90 Å². The van der Waals surface area contributed by atoms with Crippen LogP contribution >= 0.6 is 0 Å². The van der Waals surface area contributed by atoms with E-state index < -0.39 is 0 Å². The molecule has 6 heteroatoms. The number of carbonyl (C=O) groups excluding carboxylic acids is 1. The number of piperidine rings is 1. The number of aliphatic hydroxyl groups excluding tert-OH is 1. The van der Waals surface area contributed by atoms with Gasteiger partial charge in [0.1, 0.15) is 6.23 Å². The molecule has 1 aromatic carbocycles. The van der Waals surface area contributed by atoms with Gasteiger partial charge >= 0.3 is 5.97 Å². The third-order valence-electron chi connectivity index (χ3n) is 6.24. The summed E-state index contributed by atoms with van der Waals surface area (Å²) in [6.07, 6.45) is 2.85. The summed E-state index contributed by atoms with van der Waals surface area (Å²) in [7, 11) is 1.42. The molecule has 1 aliphatic heterocycles. The van der Waals surface area contributed by atoms with E-state index in [1.807, 2.05) is 13.0 Å². The van der Waals surface area contributed by atoms with Crippen LogP contribution in [0.1, 0.15) is 71.8 Å². The molecule has 0 aliphatic carbocycles. The lowest BCUT2D eigenvalue weighted by atomic mass is 9.95. The molecule has 0 aromatic heterocycles. The van der Waals surface area contributed by atoms with Crippen LogP contribution in [-0.4, -0.2) is 55.0 Å². The normalized spacial score (nSPS) is 17.7. The smallest absolute Gasteiger partial charge is 0.306 e. The average Bonchev–Trinajstić information content (AvgIpc) is 2.71. The molecule has 1 aliphatic rings. The molecule has 0 saturated carbocycles. The Balaban J connectivity index is 2.13. The Hall–Kier alpha value is -1.79. The number of esters is 1. The van der Waals surface area contributed by atoms with Gasteiger partial charge in [0.2, 0.25) is 0 Å². The molecule has 1 saturated heterocycles. The summed E-state index contributed by atoms with van der Waals surface area (Å²) in [5.74, 6) is 0.864. The fraction of sp³-hybridized carbons (Fsp3) is 0.720. The summed E-state index contributed by atoms with van der Waals surface area (Å²) < 4.78 is 4.80. The van der Waals surface area contributed by atoms with E-state index in [0.29, 0.717) is 24.3 Å². The third-order valence-corrected chi connectivity index (χ3v) is 6.24. The summed E-state index contributed by atoms with van der Waals surface area (Å²) in [6, 6.07) is 6.62. The number of carbonyl (C=O) groups is 1. The van der Waals surface area contributed by atoms with E-state index in [1.165, 1.54) is 7.11 Å². The lowest BCUT2D eigenvalue weighted by Crippen LogP contribution is -2.49. The van der Waals surface area contributed by atoms with Crippen molar-refractivity contribution in [3.63, 3.8) is 0 Å². The highest BCUT2D eigenvalue weighted by Crippen LogP contribution is 2.33. The highest BCUT2D eigenvalue weighted by molar-refractivity contribution is 5.72. The van der Waals surface area contributed by atoms with E-state index in [9.17, 15) is 9.90 Å². The Kier molecular flexibility index (Phi) is 9.63. The largest absolute Gasteiger partial charge is 0.469 e. The summed E-state index contributed by atoms with van der Waals surface area (Å²) in [5, 5.41) is 10.5. The van der Waals surface area contributed by atoms with E-state index in [4.69, 9.17) is 10.5 Å². The Labute approximate surface area is 188 Å². The SMILES string of the molecule is COC(=O)C[C@@H](C)c1ccc(N(CC(C)C)C2CCN(C(O)CC(C)C)CC2)c(N)c1. The quantitative estimate of drug-likeness (QED) is 0.425. The number of nitrogen functional groups attached to an aromatic ring is 1. The first-order valence-corrected chi connectivity index (χ1v) is 11.8. The molecule has 3 N–H and O–H groups in total. The molecule has 2 rings (SSSR count). The van der Waals surface area contributed by atoms with Crippen molar-refractivity contribution in [1.29, 1.82) is 0 Å². The van der Waals surface area contributed by atoms with Crippen LogP contribution in [0.5, 0.6) is 0 Å². The van der Waals surface area contributed by atoms with Gasteiger partial charge in [-0.05, 0) is 54.7 Å². The zero-order valence-corrected chi connectivity index (χ0v) is 20.3. The molecule has 176 valence electrons. The van der Waals surface area contributed by atoms with Gasteiger partial charge in [0.25, 0.3) is 0 Å². The van der Waals surface area contributed by atoms with Crippen molar-refractivity contribution in [2.45, 2.75) is 78.5 Å². The van der Waals surface area contributed by atoms with Gasteiger partial charge in [-0.15, -0.1) is 0 Å². The maximum Gasteiger partial charge on any atom is 0.306 e. The molecule has 2 atom stereocenters. The maximum atomic E-state index is 11.6. The molecule has 0 amide bonds. The van der Waals surface area contributed by atoms with Gasteiger partial charge in [-0.25, -0.2) is 0 Å². The fourth-order valence-corrected chi connectivity index (χ4v) is 4.50. The predicted octanol–water partition coefficient (Wildman–Crippen LogP) is 4.23. The van der Waals surface area contributed by atoms with Crippen molar-refractivity contribution in [3.05, 3.63) is 23.8 Å². The van der Waals surface area contributed by atoms with Gasteiger partial charge in [0.05, 0.1) is 24.9 Å². The summed E-state index contributed by atoms with van der Waals surface area (Å²) >= 11 is 0. The zero-order chi connectivity index (χ0) is 23.1. The Morgan fingerprint density at radius 3 is 2.35 bits per heavy atom. The fourth-order valence-electron chi connectivity index (χ4n) is 4.50. The molecule has 1 unspecified atom stereocenters. The lowest BCUT2D eigenvalue weighted by molar-refractivity contribution is -0.140. The number of aliphatic hydroxyl groups is 1. The number of anilines is 2. The molecular formula is C25H43N3O3. The molecule has 1 fully saturated rings. The summed E-state index contributed by atoms with van der Waals surface area (Å²) in [6.45, 7) is 13.5. The molecule has 0 radical (unpaired) electrons. The summed E-state index contributed by atoms with van der Waals surface area (Å²) in [5.41, 5.74) is 9.42. The van der Waals surface area contributed by atoms with Crippen molar-refractivity contribution >= 4 is 17.3 Å². The second-order valence-electron chi connectivity index (χ2n) is 9.92. The van der Waals surface area contributed by atoms with Gasteiger partial charge in [0.15, 0.2) is 0 Å². The molecule has 6 nitrogen and oxygen atoms in total. The van der Waals surface area contributed by atoms with Crippen LogP contribution in [0.25, 0.3) is 0 Å². The van der Waals surface area contributed by atoms with Crippen molar-refractivity contribution in [3.8, 4) is 0 Å². The van der Waals surface area contributed by atoms with Crippen LogP contribution in [0, 0.1) is 11.8 Å². The number of ether oxygens (including phenoxy) is 1. The highest BCUT2D eigenvalue weighted by atomic mass is 16.5. The number of nitrogens with two attached hydrogens (primary N) is 1. The second kappa shape index (κ2) is 11.7. The Bertz CT molecular complexity index is 699. The van der Waals surface area contributed by atoms with E-state index in [0.717, 1.165) is 55.8 Å². The van der Waals surface area contributed by atoms with Crippen molar-refractivity contribution in [2.24, 2.45) is 11.8 Å². The van der Waals surface area contributed by atoms with Crippen LogP contribution in [0.15, 0.2) is 18.2 Å². The van der Waals surface area contributed by atoms with Gasteiger partial charge in [-0.1, -0.05) is 40.7 Å². The van der Waals surface area contributed by atoms with Gasteiger partial charge in [-0.3, -0.25) is 9.69 Å². The molecule has 1 heterocycles. The molecule has 0 spiro atoms. The molecular weight excluding hydrogens is 390 g/mol. The number of hydrogen-bond acceptors (Lipinski definition) is 6. The van der Waals surface area contributed by atoms with Crippen LogP contribution in [0.4, 0.5) is 11.4 Å². The van der Waals surface area contributed by atoms with Crippen LogP contribution < -0.4 is 10.6 Å². The maximum absolute atomic E-state index is 11.6. The van der Waals surface area contributed by atoms with Gasteiger partial charge in [0, 0.05) is 25.7 Å². The lowest BCUT2D eigenvalue weighted by Gasteiger charge is -2.42. The standard InChI is InChI=1S/C25H43N3O3/c1-17(2)13-24(29)27-11-9-21(10-12-27)28(16-18(3)4)23-8-7-20(15-22(23)26)19(5)14-25(30)31-6/h7-8,15,17-19,21,24,29H,9-14,16,26H2,1-6H3/t19-,24?/m1/s1. The number of likely N-dealkylation sites (tertiary alicyclic amines) is 1. The highest BCUT2D eigenvalue weighted by Gasteiger charge is 2.29. The van der Waals surface area contributed by atoms with E-state index in [2.05, 4.69) is 49.6 Å². The van der Waals surface area contributed by atoms with Crippen molar-refractivity contribution in [2.75, 3.05) is 37.4 Å². The minimum Gasteiger partial charge on any atom is -0.469 e. The predicted molar refractivity (Wildman–Crippen MR) is 128 cm³/mol. The first kappa shape index (κ1) is 25.5. The topological polar surface area (TPSA) is 79.0 Å². The number of benzene rings is 1. The van der Waals surface area contributed by atoms with E-state index >= 15 is 0 Å². The van der Waals surface area contributed by atoms with Crippen molar-refractivity contribution < 1.29 is 14.6 Å². The first-order valence-electron chi connectivity index (χ1n) is 11.8. The summed E-state index contributed by atoms with van der Waals surface area (Å²) in [4.78, 5) is 16.3. The number of hydrogen-bond donors (Lipinski definition) is 2. The third kappa shape index (κ3) is 7.39. The number of rotatable bonds is 10. The van der Waals surface area contributed by atoms with Crippen LogP contribution in [0.3, 0.4) is 0 Å². The Morgan fingerprint density at radius 2 is 1.84 bits per heavy atom. The van der Waals surface area contributed by atoms with Crippen LogP contribution in [0.2, 0.25) is 0 Å². The molecule has 0 bridgehead atoms. The monoisotopic (exact) mass is 433 g/mol. The number of nitrogens with zero attached hydrogens (tertiary/aromatic N) is 2. The van der Waals surface area contributed by atoms with Crippen LogP contribution in [-0.2, 0) is 9.53 Å². The average molecular weight is 434 g/mol.